The molecule has 2 atom stereocenters. The van der Waals surface area contributed by atoms with Crippen LogP contribution in [0, 0.1) is 0 Å². The van der Waals surface area contributed by atoms with Crippen LogP contribution in [0.3, 0.4) is 0 Å². The van der Waals surface area contributed by atoms with Crippen molar-refractivity contribution >= 4 is 0 Å². The Hall–Kier alpha value is -0.640. The van der Waals surface area contributed by atoms with Crippen molar-refractivity contribution in [1.82, 2.24) is 0 Å². The molecule has 0 N–H and O–H groups in total. The molecule has 0 aromatic rings. The van der Waals surface area contributed by atoms with Gasteiger partial charge in [0.2, 0.25) is 0 Å². The van der Waals surface area contributed by atoms with E-state index in [1.54, 1.807) is 12.2 Å². The van der Waals surface area contributed by atoms with Crippen molar-refractivity contribution in [3.8, 4) is 0 Å². The lowest BCUT2D eigenvalue weighted by Gasteiger charge is -2.13. The van der Waals surface area contributed by atoms with E-state index >= 15 is 0 Å². The molecule has 1 aliphatic rings. The highest BCUT2D eigenvalue weighted by atomic mass is 16.6. The average Bonchev–Trinajstić information content (AvgIpc) is 2.67. The van der Waals surface area contributed by atoms with Crippen LogP contribution in [0.5, 0.6) is 0 Å². The molecule has 0 saturated carbocycles. The predicted molar refractivity (Wildman–Crippen MR) is 59.9 cm³/mol. The van der Waals surface area contributed by atoms with E-state index < -0.39 is 0 Å². The summed E-state index contributed by atoms with van der Waals surface area (Å²) in [6, 6.07) is 0. The minimum atomic E-state index is 0.224. The summed E-state index contributed by atoms with van der Waals surface area (Å²) >= 11 is 0. The van der Waals surface area contributed by atoms with Crippen LogP contribution in [0.25, 0.3) is 0 Å². The Labute approximate surface area is 91.7 Å². The lowest BCUT2D eigenvalue weighted by atomic mass is 10.2. The molecule has 0 aromatic carbocycles. The first-order valence-electron chi connectivity index (χ1n) is 5.39. The molecule has 0 radical (unpaired) electrons. The van der Waals surface area contributed by atoms with Crippen LogP contribution < -0.4 is 0 Å². The Bertz CT molecular complexity index is 171. The number of ether oxygens (including phenoxy) is 3. The van der Waals surface area contributed by atoms with Crippen molar-refractivity contribution in [1.29, 1.82) is 0 Å². The van der Waals surface area contributed by atoms with Gasteiger partial charge in [0.25, 0.3) is 0 Å². The molecule has 86 valence electrons. The summed E-state index contributed by atoms with van der Waals surface area (Å²) in [5.74, 6) is 0. The molecule has 0 unspecified atom stereocenters. The van der Waals surface area contributed by atoms with Gasteiger partial charge in [0, 0.05) is 0 Å². The molecule has 0 amide bonds. The Balaban J connectivity index is 2.04. The van der Waals surface area contributed by atoms with Gasteiger partial charge in [-0.1, -0.05) is 12.2 Å². The Morgan fingerprint density at radius 3 is 1.87 bits per heavy atom. The van der Waals surface area contributed by atoms with Crippen molar-refractivity contribution in [3.05, 3.63) is 25.3 Å². The fourth-order valence-electron chi connectivity index (χ4n) is 1.59. The van der Waals surface area contributed by atoms with Crippen LogP contribution >= 0.6 is 0 Å². The zero-order valence-corrected chi connectivity index (χ0v) is 9.19. The maximum Gasteiger partial charge on any atom is 0.0814 e. The third-order valence-corrected chi connectivity index (χ3v) is 2.27. The quantitative estimate of drug-likeness (QED) is 0.454. The van der Waals surface area contributed by atoms with Crippen LogP contribution in [-0.2, 0) is 14.2 Å². The van der Waals surface area contributed by atoms with Crippen LogP contribution in [-0.4, -0.2) is 38.6 Å². The molecule has 0 spiro atoms. The minimum absolute atomic E-state index is 0.224. The molecule has 3 heteroatoms. The Morgan fingerprint density at radius 2 is 1.47 bits per heavy atom. The fraction of sp³-hybridized carbons (Fsp3) is 0.667. The maximum absolute atomic E-state index is 5.74. The molecule has 15 heavy (non-hydrogen) atoms. The molecule has 1 fully saturated rings. The molecule has 0 bridgehead atoms. The van der Waals surface area contributed by atoms with Crippen molar-refractivity contribution in [2.75, 3.05) is 26.4 Å². The monoisotopic (exact) mass is 212 g/mol. The predicted octanol–water partition coefficient (Wildman–Crippen LogP) is 1.94. The third-order valence-electron chi connectivity index (χ3n) is 2.27. The number of rotatable bonds is 8. The second-order valence-electron chi connectivity index (χ2n) is 3.61. The second kappa shape index (κ2) is 7.63. The van der Waals surface area contributed by atoms with Crippen molar-refractivity contribution in [3.63, 3.8) is 0 Å². The largest absolute Gasteiger partial charge is 0.375 e. The van der Waals surface area contributed by atoms with Crippen LogP contribution in [0.2, 0.25) is 0 Å². The highest BCUT2D eigenvalue weighted by Gasteiger charge is 2.25. The van der Waals surface area contributed by atoms with Crippen molar-refractivity contribution in [2.45, 2.75) is 25.0 Å². The van der Waals surface area contributed by atoms with Gasteiger partial charge in [-0.15, -0.1) is 13.2 Å². The summed E-state index contributed by atoms with van der Waals surface area (Å²) in [7, 11) is 0. The highest BCUT2D eigenvalue weighted by Crippen LogP contribution is 2.20. The van der Waals surface area contributed by atoms with E-state index in [1.807, 2.05) is 0 Å². The number of hydrogen-bond donors (Lipinski definition) is 0. The Kier molecular flexibility index (Phi) is 6.32. The summed E-state index contributed by atoms with van der Waals surface area (Å²) in [6.45, 7) is 9.69. The van der Waals surface area contributed by atoms with Crippen molar-refractivity contribution in [2.24, 2.45) is 0 Å². The van der Waals surface area contributed by atoms with Gasteiger partial charge in [0.1, 0.15) is 0 Å². The lowest BCUT2D eigenvalue weighted by molar-refractivity contribution is -0.0383. The maximum atomic E-state index is 5.74. The zero-order valence-electron chi connectivity index (χ0n) is 9.19. The standard InChI is InChI=1S/C12H20O3/c1-3-7-13-9-11-5-6-12(15-11)10-14-8-4-2/h3-4,11-12H,1-2,5-10H2/t11-,12+. The van der Waals surface area contributed by atoms with E-state index in [9.17, 15) is 0 Å². The van der Waals surface area contributed by atoms with E-state index in [2.05, 4.69) is 13.2 Å². The van der Waals surface area contributed by atoms with Gasteiger partial charge < -0.3 is 14.2 Å². The molecule has 0 aliphatic carbocycles. The second-order valence-corrected chi connectivity index (χ2v) is 3.61. The van der Waals surface area contributed by atoms with E-state index in [1.165, 1.54) is 0 Å². The first-order valence-corrected chi connectivity index (χ1v) is 5.39. The van der Waals surface area contributed by atoms with Gasteiger partial charge in [0.05, 0.1) is 38.6 Å². The van der Waals surface area contributed by atoms with Crippen LogP contribution in [0.15, 0.2) is 25.3 Å². The molecule has 1 aliphatic heterocycles. The van der Waals surface area contributed by atoms with Crippen LogP contribution in [0.1, 0.15) is 12.8 Å². The summed E-state index contributed by atoms with van der Waals surface area (Å²) in [5.41, 5.74) is 0. The first kappa shape index (κ1) is 12.4. The van der Waals surface area contributed by atoms with E-state index in [4.69, 9.17) is 14.2 Å². The van der Waals surface area contributed by atoms with Crippen molar-refractivity contribution < 1.29 is 14.2 Å². The van der Waals surface area contributed by atoms with Gasteiger partial charge >= 0.3 is 0 Å². The molecular weight excluding hydrogens is 192 g/mol. The fourth-order valence-corrected chi connectivity index (χ4v) is 1.59. The average molecular weight is 212 g/mol. The third kappa shape index (κ3) is 5.11. The molecule has 1 heterocycles. The molecular formula is C12H20O3. The molecule has 3 nitrogen and oxygen atoms in total. The molecule has 1 saturated heterocycles. The number of hydrogen-bond acceptors (Lipinski definition) is 3. The Morgan fingerprint density at radius 1 is 1.00 bits per heavy atom. The van der Waals surface area contributed by atoms with E-state index in [-0.39, 0.29) is 12.2 Å². The van der Waals surface area contributed by atoms with Gasteiger partial charge in [-0.05, 0) is 12.8 Å². The van der Waals surface area contributed by atoms with Gasteiger partial charge in [-0.3, -0.25) is 0 Å². The van der Waals surface area contributed by atoms with E-state index in [0.29, 0.717) is 26.4 Å². The summed E-state index contributed by atoms with van der Waals surface area (Å²) in [6.07, 6.45) is 6.06. The summed E-state index contributed by atoms with van der Waals surface area (Å²) in [5, 5.41) is 0. The first-order chi connectivity index (χ1) is 7.36. The summed E-state index contributed by atoms with van der Waals surface area (Å²) < 4.78 is 16.4. The zero-order chi connectivity index (χ0) is 10.9. The SMILES string of the molecule is C=CCOC[C@H]1CC[C@@H](COCC=C)O1. The summed E-state index contributed by atoms with van der Waals surface area (Å²) in [4.78, 5) is 0. The molecule has 0 aromatic heterocycles. The van der Waals surface area contributed by atoms with Crippen LogP contribution in [0.4, 0.5) is 0 Å². The lowest BCUT2D eigenvalue weighted by Crippen LogP contribution is -2.20. The van der Waals surface area contributed by atoms with E-state index in [0.717, 1.165) is 12.8 Å². The molecule has 1 rings (SSSR count). The minimum Gasteiger partial charge on any atom is -0.375 e. The highest BCUT2D eigenvalue weighted by molar-refractivity contribution is 4.74. The normalized spacial score (nSPS) is 25.3. The van der Waals surface area contributed by atoms with Gasteiger partial charge in [-0.2, -0.15) is 0 Å². The topological polar surface area (TPSA) is 27.7 Å². The smallest absolute Gasteiger partial charge is 0.0814 e. The van der Waals surface area contributed by atoms with Gasteiger partial charge in [0.15, 0.2) is 0 Å². The van der Waals surface area contributed by atoms with Gasteiger partial charge in [-0.25, -0.2) is 0 Å².